The van der Waals surface area contributed by atoms with E-state index in [1.165, 1.54) is 21.9 Å². The van der Waals surface area contributed by atoms with Crippen molar-refractivity contribution in [3.05, 3.63) is 193 Å². The van der Waals surface area contributed by atoms with Gasteiger partial charge in [-0.05, 0) is 94.0 Å². The summed E-state index contributed by atoms with van der Waals surface area (Å²) in [6.45, 7) is 0. The second kappa shape index (κ2) is 12.5. The first-order valence-corrected chi connectivity index (χ1v) is 18.0. The normalized spacial score (nSPS) is 11.3. The van der Waals surface area contributed by atoms with Crippen molar-refractivity contribution in [2.45, 2.75) is 0 Å². The fourth-order valence-electron chi connectivity index (χ4n) is 8.18. The number of para-hydroxylation sites is 2. The molecule has 250 valence electrons. The summed E-state index contributed by atoms with van der Waals surface area (Å²) < 4.78 is 4.47. The zero-order chi connectivity index (χ0) is 36.2. The highest BCUT2D eigenvalue weighted by Crippen LogP contribution is 2.43. The maximum atomic E-state index is 10.3. The lowest BCUT2D eigenvalue weighted by molar-refractivity contribution is 1.15. The Morgan fingerprint density at radius 2 is 0.907 bits per heavy atom. The zero-order valence-electron chi connectivity index (χ0n) is 29.1. The van der Waals surface area contributed by atoms with Gasteiger partial charge in [-0.2, -0.15) is 10.5 Å². The second-order valence-corrected chi connectivity index (χ2v) is 13.6. The molecule has 0 N–H and O–H groups in total. The molecule has 0 radical (unpaired) electrons. The van der Waals surface area contributed by atoms with Gasteiger partial charge in [0.1, 0.15) is 12.1 Å². The average Bonchev–Trinajstić information content (AvgIpc) is 3.75. The summed E-state index contributed by atoms with van der Waals surface area (Å²) >= 11 is 0. The van der Waals surface area contributed by atoms with Crippen LogP contribution in [0, 0.1) is 22.7 Å². The average molecular weight is 687 g/mol. The van der Waals surface area contributed by atoms with E-state index < -0.39 is 0 Å². The van der Waals surface area contributed by atoms with Crippen LogP contribution in [-0.2, 0) is 0 Å². The van der Waals surface area contributed by atoms with Crippen LogP contribution >= 0.6 is 0 Å². The highest BCUT2D eigenvalue weighted by molar-refractivity contribution is 6.18. The first-order valence-electron chi connectivity index (χ1n) is 18.0. The van der Waals surface area contributed by atoms with Crippen molar-refractivity contribution in [1.29, 1.82) is 10.5 Å². The molecule has 0 atom stereocenters. The van der Waals surface area contributed by atoms with Crippen LogP contribution < -0.4 is 0 Å². The number of nitrogens with zero attached hydrogens (tertiary/aromatic N) is 4. The molecule has 0 fully saturated rings. The van der Waals surface area contributed by atoms with E-state index in [9.17, 15) is 10.5 Å². The molecule has 10 rings (SSSR count). The van der Waals surface area contributed by atoms with Crippen molar-refractivity contribution < 1.29 is 0 Å². The standard InChI is InChI=1S/C50H30N4/c51-31-38-16-10-17-39(32-52)50(38)54-46-27-24-36(34-14-6-2-7-15-34)29-44(46)49-41(20-11-21-47(49)54)37-22-25-42-43-28-35(33-12-4-1-5-13-33)23-26-45(43)53(48(42)30-37)40-18-8-3-9-19-40/h1-30H. The number of nitriles is 2. The molecular formula is C50H30N4. The number of hydrogen-bond donors (Lipinski definition) is 0. The second-order valence-electron chi connectivity index (χ2n) is 13.6. The van der Waals surface area contributed by atoms with Gasteiger partial charge in [-0.15, -0.1) is 0 Å². The van der Waals surface area contributed by atoms with Gasteiger partial charge in [-0.25, -0.2) is 0 Å². The van der Waals surface area contributed by atoms with Crippen LogP contribution in [0.4, 0.5) is 0 Å². The molecule has 2 aromatic heterocycles. The molecule has 4 heteroatoms. The highest BCUT2D eigenvalue weighted by atomic mass is 15.0. The van der Waals surface area contributed by atoms with E-state index in [1.54, 1.807) is 18.2 Å². The Morgan fingerprint density at radius 3 is 1.54 bits per heavy atom. The number of aromatic nitrogens is 2. The summed E-state index contributed by atoms with van der Waals surface area (Å²) in [7, 11) is 0. The maximum absolute atomic E-state index is 10.3. The molecule has 2 heterocycles. The third-order valence-corrected chi connectivity index (χ3v) is 10.6. The van der Waals surface area contributed by atoms with E-state index in [4.69, 9.17) is 0 Å². The summed E-state index contributed by atoms with van der Waals surface area (Å²) in [6.07, 6.45) is 0. The van der Waals surface area contributed by atoms with E-state index in [0.29, 0.717) is 16.8 Å². The minimum Gasteiger partial charge on any atom is -0.309 e. The molecular weight excluding hydrogens is 657 g/mol. The molecule has 0 aliphatic carbocycles. The van der Waals surface area contributed by atoms with Crippen LogP contribution in [-0.4, -0.2) is 9.13 Å². The monoisotopic (exact) mass is 686 g/mol. The molecule has 8 aromatic carbocycles. The van der Waals surface area contributed by atoms with Crippen molar-refractivity contribution in [1.82, 2.24) is 9.13 Å². The van der Waals surface area contributed by atoms with Crippen LogP contribution in [0.1, 0.15) is 11.1 Å². The summed E-state index contributed by atoms with van der Waals surface area (Å²) in [5, 5.41) is 25.1. The lowest BCUT2D eigenvalue weighted by atomic mass is 9.96. The van der Waals surface area contributed by atoms with E-state index in [1.807, 2.05) is 6.07 Å². The Bertz CT molecular complexity index is 3120. The Hall–Kier alpha value is -7.66. The molecule has 0 bridgehead atoms. The third-order valence-electron chi connectivity index (χ3n) is 10.6. The minimum absolute atomic E-state index is 0.453. The highest BCUT2D eigenvalue weighted by Gasteiger charge is 2.22. The lowest BCUT2D eigenvalue weighted by Crippen LogP contribution is -2.01. The van der Waals surface area contributed by atoms with Crippen molar-refractivity contribution in [3.8, 4) is 56.9 Å². The van der Waals surface area contributed by atoms with Gasteiger partial charge in [-0.3, -0.25) is 0 Å². The molecule has 0 unspecified atom stereocenters. The van der Waals surface area contributed by atoms with Gasteiger partial charge in [0.15, 0.2) is 0 Å². The van der Waals surface area contributed by atoms with Crippen molar-refractivity contribution in [2.75, 3.05) is 0 Å². The quantitative estimate of drug-likeness (QED) is 0.181. The van der Waals surface area contributed by atoms with Crippen LogP contribution in [0.3, 0.4) is 0 Å². The number of rotatable bonds is 5. The first-order chi connectivity index (χ1) is 26.7. The van der Waals surface area contributed by atoms with Crippen LogP contribution in [0.25, 0.3) is 88.4 Å². The van der Waals surface area contributed by atoms with E-state index in [0.717, 1.165) is 60.8 Å². The largest absolute Gasteiger partial charge is 0.309 e. The molecule has 0 saturated carbocycles. The molecule has 54 heavy (non-hydrogen) atoms. The van der Waals surface area contributed by atoms with Crippen molar-refractivity contribution >= 4 is 43.6 Å². The first kappa shape index (κ1) is 31.1. The van der Waals surface area contributed by atoms with Gasteiger partial charge in [0.2, 0.25) is 0 Å². The maximum Gasteiger partial charge on any atom is 0.101 e. The van der Waals surface area contributed by atoms with Crippen LogP contribution in [0.5, 0.6) is 0 Å². The smallest absolute Gasteiger partial charge is 0.101 e. The topological polar surface area (TPSA) is 57.4 Å². The lowest BCUT2D eigenvalue weighted by Gasteiger charge is -2.12. The SMILES string of the molecule is N#Cc1cccc(C#N)c1-n1c2ccc(-c3ccccc3)cc2c2c(-c3ccc4c5cc(-c6ccccc6)ccc5n(-c5ccccc5)c4c3)cccc21. The Balaban J connectivity index is 1.29. The van der Waals surface area contributed by atoms with Gasteiger partial charge in [0.25, 0.3) is 0 Å². The van der Waals surface area contributed by atoms with E-state index in [-0.39, 0.29) is 0 Å². The predicted molar refractivity (Wildman–Crippen MR) is 221 cm³/mol. The molecule has 0 spiro atoms. The van der Waals surface area contributed by atoms with Gasteiger partial charge in [-0.1, -0.05) is 121 Å². The minimum atomic E-state index is 0.453. The number of hydrogen-bond acceptors (Lipinski definition) is 2. The molecule has 0 amide bonds. The Morgan fingerprint density at radius 1 is 0.352 bits per heavy atom. The van der Waals surface area contributed by atoms with Gasteiger partial charge in [0.05, 0.1) is 38.9 Å². The number of fused-ring (bicyclic) bond motifs is 6. The summed E-state index contributed by atoms with van der Waals surface area (Å²) in [6, 6.07) is 68.0. The van der Waals surface area contributed by atoms with Crippen LogP contribution in [0.2, 0.25) is 0 Å². The summed E-state index contributed by atoms with van der Waals surface area (Å²) in [5.41, 5.74) is 13.5. The molecule has 0 saturated heterocycles. The fourth-order valence-corrected chi connectivity index (χ4v) is 8.18. The Kier molecular flexibility index (Phi) is 7.22. The van der Waals surface area contributed by atoms with Crippen molar-refractivity contribution in [2.24, 2.45) is 0 Å². The fraction of sp³-hybridized carbons (Fsp3) is 0. The molecule has 0 aliphatic heterocycles. The molecule has 4 nitrogen and oxygen atoms in total. The van der Waals surface area contributed by atoms with Gasteiger partial charge >= 0.3 is 0 Å². The van der Waals surface area contributed by atoms with E-state index in [2.05, 4.69) is 179 Å². The van der Waals surface area contributed by atoms with E-state index >= 15 is 0 Å². The summed E-state index contributed by atoms with van der Waals surface area (Å²) in [4.78, 5) is 0. The van der Waals surface area contributed by atoms with Crippen LogP contribution in [0.15, 0.2) is 182 Å². The predicted octanol–water partition coefficient (Wildman–Crippen LogP) is 12.6. The van der Waals surface area contributed by atoms with Gasteiger partial charge < -0.3 is 9.13 Å². The number of benzene rings is 8. The van der Waals surface area contributed by atoms with Crippen molar-refractivity contribution in [3.63, 3.8) is 0 Å². The Labute approximate surface area is 312 Å². The summed E-state index contributed by atoms with van der Waals surface area (Å²) in [5.74, 6) is 0. The molecule has 10 aromatic rings. The third kappa shape index (κ3) is 4.83. The van der Waals surface area contributed by atoms with Gasteiger partial charge in [0, 0.05) is 27.2 Å². The zero-order valence-corrected chi connectivity index (χ0v) is 29.1. The molecule has 0 aliphatic rings.